The summed E-state index contributed by atoms with van der Waals surface area (Å²) in [6, 6.07) is 5.75. The molecule has 0 bridgehead atoms. The molecule has 3 aromatic rings. The Hall–Kier alpha value is -3.13. The molecule has 1 aromatic carbocycles. The third-order valence-corrected chi connectivity index (χ3v) is 5.41. The number of carbonyl (C=O) groups is 1. The number of aryl methyl sites for hydroxylation is 1. The van der Waals surface area contributed by atoms with Crippen LogP contribution in [-0.2, 0) is 0 Å². The molecule has 8 heteroatoms. The number of hydrogen-bond acceptors (Lipinski definition) is 6. The van der Waals surface area contributed by atoms with E-state index >= 15 is 0 Å². The first-order chi connectivity index (χ1) is 13.6. The third-order valence-electron chi connectivity index (χ3n) is 5.41. The van der Waals surface area contributed by atoms with Gasteiger partial charge in [-0.3, -0.25) is 4.79 Å². The molecule has 0 saturated carbocycles. The van der Waals surface area contributed by atoms with Crippen molar-refractivity contribution in [3.05, 3.63) is 53.5 Å². The summed E-state index contributed by atoms with van der Waals surface area (Å²) in [5, 5.41) is 15.0. The number of fused-ring (bicyclic) bond motifs is 2. The second kappa shape index (κ2) is 6.49. The van der Waals surface area contributed by atoms with Gasteiger partial charge in [0.25, 0.3) is 5.91 Å². The molecule has 1 saturated heterocycles. The highest BCUT2D eigenvalue weighted by molar-refractivity contribution is 5.99. The summed E-state index contributed by atoms with van der Waals surface area (Å²) >= 11 is 0. The summed E-state index contributed by atoms with van der Waals surface area (Å²) in [5.41, 5.74) is 2.95. The molecule has 4 heterocycles. The predicted octanol–water partition coefficient (Wildman–Crippen LogP) is 1.76. The van der Waals surface area contributed by atoms with Crippen molar-refractivity contribution in [3.63, 3.8) is 0 Å². The fourth-order valence-electron chi connectivity index (χ4n) is 3.94. The van der Waals surface area contributed by atoms with Gasteiger partial charge in [0.2, 0.25) is 6.79 Å². The van der Waals surface area contributed by atoms with Crippen molar-refractivity contribution in [1.82, 2.24) is 19.5 Å². The monoisotopic (exact) mass is 380 g/mol. The van der Waals surface area contributed by atoms with Crippen molar-refractivity contribution in [2.24, 2.45) is 0 Å². The first-order valence-corrected chi connectivity index (χ1v) is 9.27. The van der Waals surface area contributed by atoms with Crippen molar-refractivity contribution < 1.29 is 19.4 Å². The van der Waals surface area contributed by atoms with Crippen molar-refractivity contribution in [2.45, 2.75) is 25.4 Å². The number of amides is 1. The lowest BCUT2D eigenvalue weighted by Gasteiger charge is -2.36. The Labute approximate surface area is 161 Å². The standard InChI is InChI=1S/C20H20N4O4/c1-12-7-21-19-15(8-22-24(19)9-12)20(26)23-5-4-14(16(25)10-23)13-2-3-17-18(6-13)28-11-27-17/h2-3,6-9,14,16,25H,4-5,10-11H2,1H3/t14-,16+/m1/s1. The third kappa shape index (κ3) is 2.77. The van der Waals surface area contributed by atoms with Crippen molar-refractivity contribution >= 4 is 11.6 Å². The minimum Gasteiger partial charge on any atom is -0.454 e. The van der Waals surface area contributed by atoms with Gasteiger partial charge in [0.1, 0.15) is 5.56 Å². The zero-order valence-electron chi connectivity index (χ0n) is 15.4. The number of β-amino-alcohol motifs (C(OH)–C–C–N with tert-alkyl or cyclic N) is 1. The van der Waals surface area contributed by atoms with E-state index < -0.39 is 6.10 Å². The van der Waals surface area contributed by atoms with Crippen LogP contribution in [0.2, 0.25) is 0 Å². The lowest BCUT2D eigenvalue weighted by atomic mass is 9.86. The summed E-state index contributed by atoms with van der Waals surface area (Å²) in [6.07, 6.45) is 5.10. The molecule has 0 radical (unpaired) electrons. The Morgan fingerprint density at radius 3 is 2.96 bits per heavy atom. The molecule has 5 rings (SSSR count). The van der Waals surface area contributed by atoms with E-state index in [4.69, 9.17) is 9.47 Å². The Kier molecular flexibility index (Phi) is 3.94. The molecule has 2 aromatic heterocycles. The second-order valence-electron chi connectivity index (χ2n) is 7.28. The number of aromatic nitrogens is 3. The first-order valence-electron chi connectivity index (χ1n) is 9.27. The van der Waals surface area contributed by atoms with Crippen LogP contribution < -0.4 is 9.47 Å². The summed E-state index contributed by atoms with van der Waals surface area (Å²) in [4.78, 5) is 19.0. The van der Waals surface area contributed by atoms with Crippen molar-refractivity contribution in [3.8, 4) is 11.5 Å². The molecule has 8 nitrogen and oxygen atoms in total. The topological polar surface area (TPSA) is 89.2 Å². The highest BCUT2D eigenvalue weighted by Crippen LogP contribution is 2.37. The Morgan fingerprint density at radius 1 is 1.25 bits per heavy atom. The van der Waals surface area contributed by atoms with Crippen LogP contribution in [0.3, 0.4) is 0 Å². The fourth-order valence-corrected chi connectivity index (χ4v) is 3.94. The lowest BCUT2D eigenvalue weighted by Crippen LogP contribution is -2.45. The van der Waals surface area contributed by atoms with Gasteiger partial charge in [-0.05, 0) is 36.6 Å². The Morgan fingerprint density at radius 2 is 2.11 bits per heavy atom. The van der Waals surface area contributed by atoms with Gasteiger partial charge in [-0.15, -0.1) is 0 Å². The van der Waals surface area contributed by atoms with E-state index in [2.05, 4.69) is 10.1 Å². The maximum atomic E-state index is 13.0. The molecule has 1 N–H and O–H groups in total. The lowest BCUT2D eigenvalue weighted by molar-refractivity contribution is 0.0383. The van der Waals surface area contributed by atoms with E-state index in [1.807, 2.05) is 31.3 Å². The van der Waals surface area contributed by atoms with Crippen molar-refractivity contribution in [2.75, 3.05) is 19.9 Å². The maximum Gasteiger partial charge on any atom is 0.259 e. The maximum absolute atomic E-state index is 13.0. The number of aliphatic hydroxyl groups excluding tert-OH is 1. The average molecular weight is 380 g/mol. The molecular formula is C20H20N4O4. The van der Waals surface area contributed by atoms with E-state index in [9.17, 15) is 9.90 Å². The molecular weight excluding hydrogens is 360 g/mol. The molecule has 1 amide bonds. The molecule has 144 valence electrons. The summed E-state index contributed by atoms with van der Waals surface area (Å²) < 4.78 is 12.4. The second-order valence-corrected chi connectivity index (χ2v) is 7.28. The molecule has 2 atom stereocenters. The average Bonchev–Trinajstić information content (AvgIpc) is 3.33. The van der Waals surface area contributed by atoms with Crippen LogP contribution in [0.15, 0.2) is 36.8 Å². The number of nitrogens with zero attached hydrogens (tertiary/aromatic N) is 4. The van der Waals surface area contributed by atoms with E-state index in [1.54, 1.807) is 21.8 Å². The van der Waals surface area contributed by atoms with E-state index in [1.165, 1.54) is 0 Å². The van der Waals surface area contributed by atoms with Gasteiger partial charge in [0.15, 0.2) is 17.1 Å². The summed E-state index contributed by atoms with van der Waals surface area (Å²) in [6.45, 7) is 2.97. The highest BCUT2D eigenvalue weighted by atomic mass is 16.7. The normalized spacial score (nSPS) is 21.3. The quantitative estimate of drug-likeness (QED) is 0.729. The Balaban J connectivity index is 1.34. The number of benzene rings is 1. The van der Waals surface area contributed by atoms with Gasteiger partial charge in [0.05, 0.1) is 12.3 Å². The highest BCUT2D eigenvalue weighted by Gasteiger charge is 2.33. The van der Waals surface area contributed by atoms with E-state index in [0.29, 0.717) is 29.9 Å². The number of piperidine rings is 1. The fraction of sp³-hybridized carbons (Fsp3) is 0.350. The van der Waals surface area contributed by atoms with Crippen LogP contribution in [0.1, 0.15) is 33.8 Å². The van der Waals surface area contributed by atoms with Crippen LogP contribution in [0.5, 0.6) is 11.5 Å². The smallest absolute Gasteiger partial charge is 0.259 e. The number of ether oxygens (including phenoxy) is 2. The first kappa shape index (κ1) is 17.0. The minimum absolute atomic E-state index is 0.0526. The molecule has 1 fully saturated rings. The predicted molar refractivity (Wildman–Crippen MR) is 99.6 cm³/mol. The van der Waals surface area contributed by atoms with E-state index in [0.717, 1.165) is 16.9 Å². The largest absolute Gasteiger partial charge is 0.454 e. The number of rotatable bonds is 2. The van der Waals surface area contributed by atoms with Gasteiger partial charge >= 0.3 is 0 Å². The van der Waals surface area contributed by atoms with Gasteiger partial charge in [0, 0.05) is 31.4 Å². The van der Waals surface area contributed by atoms with Crippen LogP contribution >= 0.6 is 0 Å². The zero-order chi connectivity index (χ0) is 19.3. The van der Waals surface area contributed by atoms with Gasteiger partial charge in [-0.1, -0.05) is 6.07 Å². The number of carbonyl (C=O) groups excluding carboxylic acids is 1. The SMILES string of the molecule is Cc1cnc2c(C(=O)N3CC[C@H](c4ccc5c(c4)OCO5)[C@@H](O)C3)cnn2c1. The Bertz CT molecular complexity index is 1060. The van der Waals surface area contributed by atoms with Crippen LogP contribution in [0, 0.1) is 6.92 Å². The summed E-state index contributed by atoms with van der Waals surface area (Å²) in [7, 11) is 0. The minimum atomic E-state index is -0.657. The van der Waals surface area contributed by atoms with Crippen molar-refractivity contribution in [1.29, 1.82) is 0 Å². The summed E-state index contributed by atoms with van der Waals surface area (Å²) in [5.74, 6) is 1.22. The zero-order valence-corrected chi connectivity index (χ0v) is 15.4. The number of likely N-dealkylation sites (tertiary alicyclic amines) is 1. The van der Waals surface area contributed by atoms with E-state index in [-0.39, 0.29) is 25.2 Å². The van der Waals surface area contributed by atoms with Crippen LogP contribution in [0.25, 0.3) is 5.65 Å². The molecule has 0 unspecified atom stereocenters. The molecule has 0 aliphatic carbocycles. The molecule has 2 aliphatic rings. The molecule has 28 heavy (non-hydrogen) atoms. The number of aliphatic hydroxyl groups is 1. The van der Waals surface area contributed by atoms with Crippen LogP contribution in [0.4, 0.5) is 0 Å². The van der Waals surface area contributed by atoms with Crippen LogP contribution in [-0.4, -0.2) is 56.5 Å². The van der Waals surface area contributed by atoms with Gasteiger partial charge < -0.3 is 19.5 Å². The van der Waals surface area contributed by atoms with Gasteiger partial charge in [-0.2, -0.15) is 5.10 Å². The molecule has 0 spiro atoms. The van der Waals surface area contributed by atoms with Gasteiger partial charge in [-0.25, -0.2) is 9.50 Å². The number of hydrogen-bond donors (Lipinski definition) is 1. The molecule has 2 aliphatic heterocycles.